The number of ether oxygens (including phenoxy) is 1. The van der Waals surface area contributed by atoms with E-state index in [0.717, 1.165) is 42.6 Å². The fraction of sp³-hybridized carbons (Fsp3) is 0.375. The molecule has 0 fully saturated rings. The van der Waals surface area contributed by atoms with Crippen LogP contribution in [-0.4, -0.2) is 29.7 Å². The minimum atomic E-state index is 0.153. The van der Waals surface area contributed by atoms with E-state index in [1.807, 2.05) is 25.2 Å². The number of aromatic nitrogens is 2. The van der Waals surface area contributed by atoms with E-state index in [0.29, 0.717) is 0 Å². The van der Waals surface area contributed by atoms with Crippen LogP contribution in [0.15, 0.2) is 30.3 Å². The molecule has 0 spiro atoms. The third kappa shape index (κ3) is 3.07. The van der Waals surface area contributed by atoms with E-state index in [2.05, 4.69) is 39.7 Å². The number of nitrogens with zero attached hydrogens (tertiary/aromatic N) is 2. The van der Waals surface area contributed by atoms with Gasteiger partial charge in [-0.25, -0.2) is 9.97 Å². The standard InChI is InChI=1S/C16H20N4O/c1-3-14-19-15(17-2)9-16(20-14)18-10-12-8-11-6-4-5-7-13(11)21-12/h4-7,9,12H,3,8,10H2,1-2H3,(H2,17,18,19,20). The summed E-state index contributed by atoms with van der Waals surface area (Å²) in [4.78, 5) is 8.88. The minimum absolute atomic E-state index is 0.153. The quantitative estimate of drug-likeness (QED) is 0.883. The van der Waals surface area contributed by atoms with E-state index < -0.39 is 0 Å². The van der Waals surface area contributed by atoms with Crippen molar-refractivity contribution in [3.63, 3.8) is 0 Å². The average Bonchev–Trinajstić information content (AvgIpc) is 2.95. The van der Waals surface area contributed by atoms with Crippen LogP contribution in [0.5, 0.6) is 5.75 Å². The van der Waals surface area contributed by atoms with E-state index in [1.165, 1.54) is 5.56 Å². The zero-order valence-corrected chi connectivity index (χ0v) is 12.4. The summed E-state index contributed by atoms with van der Waals surface area (Å²) in [6, 6.07) is 10.1. The van der Waals surface area contributed by atoms with Crippen LogP contribution in [0.2, 0.25) is 0 Å². The van der Waals surface area contributed by atoms with Gasteiger partial charge in [-0.15, -0.1) is 0 Å². The van der Waals surface area contributed by atoms with Crippen molar-refractivity contribution in [2.75, 3.05) is 24.2 Å². The molecule has 5 nitrogen and oxygen atoms in total. The molecule has 0 saturated heterocycles. The number of anilines is 2. The Morgan fingerprint density at radius 3 is 2.81 bits per heavy atom. The molecule has 2 heterocycles. The molecule has 2 N–H and O–H groups in total. The summed E-state index contributed by atoms with van der Waals surface area (Å²) in [6.45, 7) is 2.78. The zero-order chi connectivity index (χ0) is 14.7. The van der Waals surface area contributed by atoms with E-state index >= 15 is 0 Å². The fourth-order valence-corrected chi connectivity index (χ4v) is 2.46. The lowest BCUT2D eigenvalue weighted by molar-refractivity contribution is 0.246. The highest BCUT2D eigenvalue weighted by atomic mass is 16.5. The second-order valence-corrected chi connectivity index (χ2v) is 5.09. The molecule has 0 radical (unpaired) electrons. The van der Waals surface area contributed by atoms with Crippen LogP contribution >= 0.6 is 0 Å². The predicted molar refractivity (Wildman–Crippen MR) is 84.0 cm³/mol. The summed E-state index contributed by atoms with van der Waals surface area (Å²) in [6.07, 6.45) is 1.91. The van der Waals surface area contributed by atoms with E-state index in [-0.39, 0.29) is 6.10 Å². The molecule has 2 aromatic rings. The van der Waals surface area contributed by atoms with Gasteiger partial charge in [-0.05, 0) is 11.6 Å². The molecular weight excluding hydrogens is 264 g/mol. The van der Waals surface area contributed by atoms with Crippen molar-refractivity contribution in [3.8, 4) is 5.75 Å². The highest BCUT2D eigenvalue weighted by Gasteiger charge is 2.22. The Hall–Kier alpha value is -2.30. The first-order valence-corrected chi connectivity index (χ1v) is 7.32. The summed E-state index contributed by atoms with van der Waals surface area (Å²) < 4.78 is 5.92. The van der Waals surface area contributed by atoms with Crippen LogP contribution in [-0.2, 0) is 12.8 Å². The molecule has 1 aromatic carbocycles. The fourth-order valence-electron chi connectivity index (χ4n) is 2.46. The van der Waals surface area contributed by atoms with E-state index in [1.54, 1.807) is 0 Å². The van der Waals surface area contributed by atoms with Crippen LogP contribution in [0.1, 0.15) is 18.3 Å². The number of rotatable bonds is 5. The third-order valence-corrected chi connectivity index (χ3v) is 3.57. The zero-order valence-electron chi connectivity index (χ0n) is 12.4. The number of aryl methyl sites for hydroxylation is 1. The minimum Gasteiger partial charge on any atom is -0.488 e. The molecule has 1 aromatic heterocycles. The third-order valence-electron chi connectivity index (χ3n) is 3.57. The lowest BCUT2D eigenvalue weighted by Gasteiger charge is -2.13. The second-order valence-electron chi connectivity index (χ2n) is 5.09. The van der Waals surface area contributed by atoms with Crippen molar-refractivity contribution in [2.45, 2.75) is 25.9 Å². The molecule has 5 heteroatoms. The molecular formula is C16H20N4O. The first kappa shape index (κ1) is 13.7. The van der Waals surface area contributed by atoms with Gasteiger partial charge in [0.05, 0.1) is 6.54 Å². The summed E-state index contributed by atoms with van der Waals surface area (Å²) in [5.41, 5.74) is 1.28. The molecule has 0 bridgehead atoms. The Labute approximate surface area is 124 Å². The van der Waals surface area contributed by atoms with Gasteiger partial charge in [0.15, 0.2) is 0 Å². The predicted octanol–water partition coefficient (Wildman–Crippen LogP) is 2.50. The van der Waals surface area contributed by atoms with Gasteiger partial charge in [0.1, 0.15) is 29.3 Å². The second kappa shape index (κ2) is 5.99. The van der Waals surface area contributed by atoms with Gasteiger partial charge < -0.3 is 15.4 Å². The molecule has 0 saturated carbocycles. The number of benzene rings is 1. The van der Waals surface area contributed by atoms with Crippen molar-refractivity contribution in [2.24, 2.45) is 0 Å². The SMILES string of the molecule is CCc1nc(NC)cc(NCC2Cc3ccccc3O2)n1. The molecule has 21 heavy (non-hydrogen) atoms. The highest BCUT2D eigenvalue weighted by molar-refractivity contribution is 5.47. The molecule has 110 valence electrons. The van der Waals surface area contributed by atoms with Gasteiger partial charge in [0, 0.05) is 26.0 Å². The van der Waals surface area contributed by atoms with Gasteiger partial charge >= 0.3 is 0 Å². The van der Waals surface area contributed by atoms with Gasteiger partial charge in [0.25, 0.3) is 0 Å². The normalized spacial score (nSPS) is 16.2. The monoisotopic (exact) mass is 284 g/mol. The largest absolute Gasteiger partial charge is 0.488 e. The lowest BCUT2D eigenvalue weighted by atomic mass is 10.1. The maximum absolute atomic E-state index is 5.92. The van der Waals surface area contributed by atoms with Crippen LogP contribution in [0.4, 0.5) is 11.6 Å². The number of fused-ring (bicyclic) bond motifs is 1. The topological polar surface area (TPSA) is 59.1 Å². The molecule has 1 aliphatic rings. The molecule has 3 rings (SSSR count). The van der Waals surface area contributed by atoms with Gasteiger partial charge in [-0.1, -0.05) is 25.1 Å². The summed E-state index contributed by atoms with van der Waals surface area (Å²) in [5.74, 6) is 3.50. The number of hydrogen-bond donors (Lipinski definition) is 2. The Morgan fingerprint density at radius 1 is 1.24 bits per heavy atom. The lowest BCUT2D eigenvalue weighted by Crippen LogP contribution is -2.24. The molecule has 0 aliphatic carbocycles. The van der Waals surface area contributed by atoms with Crippen molar-refractivity contribution >= 4 is 11.6 Å². The van der Waals surface area contributed by atoms with Crippen LogP contribution < -0.4 is 15.4 Å². The Balaban J connectivity index is 1.64. The summed E-state index contributed by atoms with van der Waals surface area (Å²) in [7, 11) is 1.86. The van der Waals surface area contributed by atoms with Crippen LogP contribution in [0.25, 0.3) is 0 Å². The Morgan fingerprint density at radius 2 is 2.05 bits per heavy atom. The number of para-hydroxylation sites is 1. The summed E-state index contributed by atoms with van der Waals surface area (Å²) >= 11 is 0. The van der Waals surface area contributed by atoms with Crippen molar-refractivity contribution in [1.82, 2.24) is 9.97 Å². The van der Waals surface area contributed by atoms with Crippen LogP contribution in [0.3, 0.4) is 0 Å². The number of hydrogen-bond acceptors (Lipinski definition) is 5. The van der Waals surface area contributed by atoms with E-state index in [4.69, 9.17) is 4.74 Å². The molecule has 1 aliphatic heterocycles. The first-order valence-electron chi connectivity index (χ1n) is 7.32. The van der Waals surface area contributed by atoms with Gasteiger partial charge in [-0.2, -0.15) is 0 Å². The van der Waals surface area contributed by atoms with E-state index in [9.17, 15) is 0 Å². The molecule has 0 amide bonds. The average molecular weight is 284 g/mol. The molecule has 1 unspecified atom stereocenters. The summed E-state index contributed by atoms with van der Waals surface area (Å²) in [5, 5.41) is 6.42. The maximum atomic E-state index is 5.92. The first-order chi connectivity index (χ1) is 10.3. The van der Waals surface area contributed by atoms with Crippen molar-refractivity contribution in [1.29, 1.82) is 0 Å². The molecule has 1 atom stereocenters. The smallest absolute Gasteiger partial charge is 0.132 e. The highest BCUT2D eigenvalue weighted by Crippen LogP contribution is 2.28. The maximum Gasteiger partial charge on any atom is 0.132 e. The number of nitrogens with one attached hydrogen (secondary N) is 2. The van der Waals surface area contributed by atoms with Crippen LogP contribution in [0, 0.1) is 0 Å². The van der Waals surface area contributed by atoms with Crippen molar-refractivity contribution < 1.29 is 4.74 Å². The van der Waals surface area contributed by atoms with Gasteiger partial charge in [-0.3, -0.25) is 0 Å². The Bertz CT molecular complexity index is 582. The van der Waals surface area contributed by atoms with Crippen molar-refractivity contribution in [3.05, 3.63) is 41.7 Å². The van der Waals surface area contributed by atoms with Gasteiger partial charge in [0.2, 0.25) is 0 Å². The Kier molecular flexibility index (Phi) is 3.90.